The average Bonchev–Trinajstić information content (AvgIpc) is 2.54. The number of carbonyl (C=O) groups is 1. The maximum atomic E-state index is 13.6. The van der Waals surface area contributed by atoms with E-state index in [0.29, 0.717) is 11.3 Å². The van der Waals surface area contributed by atoms with Crippen LogP contribution < -0.4 is 9.47 Å². The number of methoxy groups -OCH3 is 1. The van der Waals surface area contributed by atoms with E-state index in [4.69, 9.17) is 14.6 Å². The van der Waals surface area contributed by atoms with E-state index in [1.54, 1.807) is 18.2 Å². The van der Waals surface area contributed by atoms with Crippen LogP contribution in [0.5, 0.6) is 11.5 Å². The van der Waals surface area contributed by atoms with Gasteiger partial charge in [-0.1, -0.05) is 6.07 Å². The quantitative estimate of drug-likeness (QED) is 0.820. The van der Waals surface area contributed by atoms with Crippen molar-refractivity contribution in [1.82, 2.24) is 0 Å². The minimum atomic E-state index is -1.15. The molecule has 0 spiro atoms. The second kappa shape index (κ2) is 7.54. The summed E-state index contributed by atoms with van der Waals surface area (Å²) in [5.74, 6) is -2.18. The summed E-state index contributed by atoms with van der Waals surface area (Å²) in [6.07, 6.45) is 0.180. The van der Waals surface area contributed by atoms with Crippen LogP contribution >= 0.6 is 0 Å². The van der Waals surface area contributed by atoms with Crippen molar-refractivity contribution in [2.75, 3.05) is 7.11 Å². The zero-order chi connectivity index (χ0) is 17.7. The lowest BCUT2D eigenvalue weighted by Gasteiger charge is -2.15. The van der Waals surface area contributed by atoms with Crippen molar-refractivity contribution in [3.63, 3.8) is 0 Å². The van der Waals surface area contributed by atoms with Crippen LogP contribution in [0.4, 0.5) is 14.5 Å². The van der Waals surface area contributed by atoms with Gasteiger partial charge in [-0.2, -0.15) is 0 Å². The fourth-order valence-corrected chi connectivity index (χ4v) is 1.87. The van der Waals surface area contributed by atoms with Gasteiger partial charge in [0.05, 0.1) is 12.8 Å². The maximum absolute atomic E-state index is 13.6. The Morgan fingerprint density at radius 2 is 2.04 bits per heavy atom. The molecule has 0 saturated heterocycles. The van der Waals surface area contributed by atoms with Crippen LogP contribution in [-0.2, 0) is 4.79 Å². The Labute approximate surface area is 137 Å². The number of aliphatic imine (C=N–C) groups is 1. The molecule has 1 N–H and O–H groups in total. The first-order valence-electron chi connectivity index (χ1n) is 6.98. The van der Waals surface area contributed by atoms with Gasteiger partial charge in [-0.25, -0.2) is 13.6 Å². The Morgan fingerprint density at radius 1 is 1.29 bits per heavy atom. The summed E-state index contributed by atoms with van der Waals surface area (Å²) in [6.45, 7) is 1.37. The van der Waals surface area contributed by atoms with Crippen molar-refractivity contribution in [2.45, 2.75) is 13.0 Å². The van der Waals surface area contributed by atoms with Crippen LogP contribution in [0, 0.1) is 11.6 Å². The van der Waals surface area contributed by atoms with Crippen LogP contribution in [0.25, 0.3) is 0 Å². The lowest BCUT2D eigenvalue weighted by atomic mass is 10.2. The van der Waals surface area contributed by atoms with Crippen molar-refractivity contribution in [3.05, 3.63) is 53.6 Å². The zero-order valence-corrected chi connectivity index (χ0v) is 13.0. The molecule has 2 aromatic rings. The Hall–Kier alpha value is -2.96. The normalized spacial score (nSPS) is 12.2. The number of hydrogen-bond acceptors (Lipinski definition) is 4. The summed E-state index contributed by atoms with van der Waals surface area (Å²) in [6, 6.07) is 7.87. The highest BCUT2D eigenvalue weighted by Gasteiger charge is 2.18. The second-order valence-corrected chi connectivity index (χ2v) is 4.83. The third-order valence-electron chi connectivity index (χ3n) is 3.12. The number of halogens is 2. The number of hydrogen-bond donors (Lipinski definition) is 1. The molecule has 5 nitrogen and oxygen atoms in total. The third kappa shape index (κ3) is 4.07. The van der Waals surface area contributed by atoms with E-state index in [9.17, 15) is 13.6 Å². The lowest BCUT2D eigenvalue weighted by molar-refractivity contribution is -0.144. The molecule has 0 amide bonds. The van der Waals surface area contributed by atoms with Gasteiger partial charge in [-0.15, -0.1) is 0 Å². The van der Waals surface area contributed by atoms with E-state index in [1.807, 2.05) is 0 Å². The molecule has 0 aliphatic rings. The standard InChI is InChI=1S/C17H15F2NO4/c1-10(17(21)22)24-16-11(4-3-5-15(16)23-2)9-20-14-7-6-12(18)8-13(14)19/h3-10H,1-2H3,(H,21,22)/t10-/m0/s1. The highest BCUT2D eigenvalue weighted by atomic mass is 19.1. The largest absolute Gasteiger partial charge is 0.493 e. The summed E-state index contributed by atoms with van der Waals surface area (Å²) in [5.41, 5.74) is 0.336. The molecule has 24 heavy (non-hydrogen) atoms. The molecule has 1 atom stereocenters. The van der Waals surface area contributed by atoms with Gasteiger partial charge in [0.2, 0.25) is 0 Å². The minimum absolute atomic E-state index is 0.0588. The molecule has 0 unspecified atom stereocenters. The summed E-state index contributed by atoms with van der Waals surface area (Å²) >= 11 is 0. The summed E-state index contributed by atoms with van der Waals surface area (Å²) in [7, 11) is 1.41. The number of aliphatic carboxylic acids is 1. The number of nitrogens with zero attached hydrogens (tertiary/aromatic N) is 1. The Balaban J connectivity index is 2.38. The molecule has 0 aromatic heterocycles. The van der Waals surface area contributed by atoms with Crippen molar-refractivity contribution in [1.29, 1.82) is 0 Å². The molecule has 0 bridgehead atoms. The number of ether oxygens (including phenoxy) is 2. The van der Waals surface area contributed by atoms with E-state index >= 15 is 0 Å². The number of benzene rings is 2. The fraction of sp³-hybridized carbons (Fsp3) is 0.176. The number of carboxylic acid groups (broad SMARTS) is 1. The fourth-order valence-electron chi connectivity index (χ4n) is 1.87. The first-order valence-corrected chi connectivity index (χ1v) is 6.98. The number of rotatable bonds is 6. The van der Waals surface area contributed by atoms with Crippen molar-refractivity contribution < 1.29 is 28.2 Å². The molecule has 0 heterocycles. The van der Waals surface area contributed by atoms with Crippen LogP contribution in [0.3, 0.4) is 0 Å². The third-order valence-corrected chi connectivity index (χ3v) is 3.12. The molecule has 0 aliphatic carbocycles. The van der Waals surface area contributed by atoms with E-state index in [-0.39, 0.29) is 11.4 Å². The van der Waals surface area contributed by atoms with E-state index < -0.39 is 23.7 Å². The van der Waals surface area contributed by atoms with E-state index in [0.717, 1.165) is 12.1 Å². The average molecular weight is 335 g/mol. The summed E-state index contributed by atoms with van der Waals surface area (Å²) in [5, 5.41) is 8.98. The van der Waals surface area contributed by atoms with Crippen molar-refractivity contribution >= 4 is 17.9 Å². The molecule has 2 aromatic carbocycles. The molecule has 0 fully saturated rings. The van der Waals surface area contributed by atoms with E-state index in [2.05, 4.69) is 4.99 Å². The molecule has 0 aliphatic heterocycles. The zero-order valence-electron chi connectivity index (χ0n) is 13.0. The monoisotopic (exact) mass is 335 g/mol. The van der Waals surface area contributed by atoms with Gasteiger partial charge >= 0.3 is 5.97 Å². The molecular weight excluding hydrogens is 320 g/mol. The van der Waals surface area contributed by atoms with Crippen LogP contribution in [0.15, 0.2) is 41.4 Å². The van der Waals surface area contributed by atoms with E-state index in [1.165, 1.54) is 26.3 Å². The SMILES string of the molecule is COc1cccc(C=Nc2ccc(F)cc2F)c1O[C@@H](C)C(=O)O. The first kappa shape index (κ1) is 17.4. The topological polar surface area (TPSA) is 68.1 Å². The van der Waals surface area contributed by atoms with Gasteiger partial charge in [0, 0.05) is 17.8 Å². The minimum Gasteiger partial charge on any atom is -0.493 e. The van der Waals surface area contributed by atoms with Crippen LogP contribution in [0.1, 0.15) is 12.5 Å². The highest BCUT2D eigenvalue weighted by molar-refractivity contribution is 5.87. The van der Waals surface area contributed by atoms with Gasteiger partial charge in [-0.3, -0.25) is 4.99 Å². The van der Waals surface area contributed by atoms with Gasteiger partial charge in [0.1, 0.15) is 5.82 Å². The maximum Gasteiger partial charge on any atom is 0.344 e. The second-order valence-electron chi connectivity index (χ2n) is 4.83. The van der Waals surface area contributed by atoms with Gasteiger partial charge in [0.15, 0.2) is 23.4 Å². The van der Waals surface area contributed by atoms with Crippen LogP contribution in [-0.4, -0.2) is 30.5 Å². The number of para-hydroxylation sites is 1. The molecular formula is C17H15F2NO4. The van der Waals surface area contributed by atoms with Gasteiger partial charge in [0.25, 0.3) is 0 Å². The van der Waals surface area contributed by atoms with Gasteiger partial charge in [-0.05, 0) is 31.2 Å². The molecule has 0 radical (unpaired) electrons. The predicted octanol–water partition coefficient (Wildman–Crippen LogP) is 3.58. The summed E-state index contributed by atoms with van der Waals surface area (Å²) in [4.78, 5) is 14.9. The molecule has 0 saturated carbocycles. The Morgan fingerprint density at radius 3 is 2.67 bits per heavy atom. The lowest BCUT2D eigenvalue weighted by Crippen LogP contribution is -2.23. The predicted molar refractivity (Wildman–Crippen MR) is 84.3 cm³/mol. The molecule has 2 rings (SSSR count). The van der Waals surface area contributed by atoms with Crippen LogP contribution in [0.2, 0.25) is 0 Å². The molecule has 126 valence electrons. The number of carboxylic acids is 1. The van der Waals surface area contributed by atoms with Crippen molar-refractivity contribution in [3.8, 4) is 11.5 Å². The highest BCUT2D eigenvalue weighted by Crippen LogP contribution is 2.31. The van der Waals surface area contributed by atoms with Gasteiger partial charge < -0.3 is 14.6 Å². The van der Waals surface area contributed by atoms with Crippen molar-refractivity contribution in [2.24, 2.45) is 4.99 Å². The Bertz CT molecular complexity index is 777. The smallest absolute Gasteiger partial charge is 0.344 e. The first-order chi connectivity index (χ1) is 11.4. The Kier molecular flexibility index (Phi) is 5.47. The molecule has 7 heteroatoms. The summed E-state index contributed by atoms with van der Waals surface area (Å²) < 4.78 is 37.1.